The molecule has 6 nitrogen and oxygen atoms in total. The molecule has 2 aliphatic heterocycles. The smallest absolute Gasteiger partial charge is 0.244 e. The van der Waals surface area contributed by atoms with E-state index in [0.29, 0.717) is 32.5 Å². The van der Waals surface area contributed by atoms with E-state index in [2.05, 4.69) is 23.2 Å². The summed E-state index contributed by atoms with van der Waals surface area (Å²) < 4.78 is 33.8. The van der Waals surface area contributed by atoms with Gasteiger partial charge in [0.25, 0.3) is 0 Å². The van der Waals surface area contributed by atoms with Crippen LogP contribution >= 0.6 is 0 Å². The number of ether oxygens (including phenoxy) is 1. The number of sulfonamides is 1. The van der Waals surface area contributed by atoms with E-state index in [0.717, 1.165) is 12.2 Å². The fourth-order valence-electron chi connectivity index (χ4n) is 4.06. The van der Waals surface area contributed by atoms with E-state index in [9.17, 15) is 8.42 Å². The maximum atomic E-state index is 13.0. The van der Waals surface area contributed by atoms with Gasteiger partial charge in [-0.2, -0.15) is 4.31 Å². The van der Waals surface area contributed by atoms with Gasteiger partial charge < -0.3 is 9.64 Å². The number of aromatic nitrogens is 1. The number of benzene rings is 1. The van der Waals surface area contributed by atoms with Crippen LogP contribution in [0, 0.1) is 0 Å². The second-order valence-electron chi connectivity index (χ2n) is 7.40. The average molecular weight is 388 g/mol. The van der Waals surface area contributed by atoms with Crippen LogP contribution in [-0.4, -0.2) is 51.5 Å². The molecular formula is C20H25N3O3S. The van der Waals surface area contributed by atoms with Crippen molar-refractivity contribution in [3.63, 3.8) is 0 Å². The summed E-state index contributed by atoms with van der Waals surface area (Å²) in [7, 11) is 0.215. The van der Waals surface area contributed by atoms with E-state index in [1.54, 1.807) is 16.4 Å². The van der Waals surface area contributed by atoms with Crippen LogP contribution in [0.2, 0.25) is 0 Å². The molecule has 0 N–H and O–H groups in total. The summed E-state index contributed by atoms with van der Waals surface area (Å²) in [6.45, 7) is 1.60. The third kappa shape index (κ3) is 3.24. The summed E-state index contributed by atoms with van der Waals surface area (Å²) in [6.07, 6.45) is 3.71. The molecule has 2 aliphatic rings. The molecule has 4 rings (SSSR count). The van der Waals surface area contributed by atoms with Crippen LogP contribution in [0.4, 0.5) is 5.82 Å². The standard InChI is InChI=1S/C20H25N3O3S/c1-22(2)19-8-7-17(15-21-19)27(24,25)23-12-10-20(11-13-23)18-6-4-3-5-16(18)9-14-26-20/h3-8,15H,9-14H2,1-2H3. The van der Waals surface area contributed by atoms with Crippen LogP contribution < -0.4 is 4.90 Å². The third-order valence-electron chi connectivity index (χ3n) is 5.60. The predicted octanol–water partition coefficient (Wildman–Crippen LogP) is 2.40. The maximum absolute atomic E-state index is 13.0. The molecule has 1 aromatic heterocycles. The Bertz CT molecular complexity index is 918. The van der Waals surface area contributed by atoms with Crippen molar-refractivity contribution in [2.45, 2.75) is 29.8 Å². The molecule has 0 amide bonds. The number of fused-ring (bicyclic) bond motifs is 2. The summed E-state index contributed by atoms with van der Waals surface area (Å²) in [5.41, 5.74) is 2.20. The first-order valence-corrected chi connectivity index (χ1v) is 10.7. The molecule has 0 aliphatic carbocycles. The Balaban J connectivity index is 1.54. The molecule has 3 heterocycles. The molecule has 27 heavy (non-hydrogen) atoms. The number of pyridine rings is 1. The third-order valence-corrected chi connectivity index (χ3v) is 7.49. The van der Waals surface area contributed by atoms with Crippen LogP contribution in [0.15, 0.2) is 47.5 Å². The quantitative estimate of drug-likeness (QED) is 0.809. The summed E-state index contributed by atoms with van der Waals surface area (Å²) in [5, 5.41) is 0. The Morgan fingerprint density at radius 3 is 2.52 bits per heavy atom. The highest BCUT2D eigenvalue weighted by molar-refractivity contribution is 7.89. The molecule has 0 atom stereocenters. The highest BCUT2D eigenvalue weighted by Crippen LogP contribution is 2.42. The first kappa shape index (κ1) is 18.4. The molecule has 1 saturated heterocycles. The van der Waals surface area contributed by atoms with Gasteiger partial charge in [-0.15, -0.1) is 0 Å². The lowest BCUT2D eigenvalue weighted by Crippen LogP contribution is -2.48. The molecular weight excluding hydrogens is 362 g/mol. The molecule has 1 fully saturated rings. The maximum Gasteiger partial charge on any atom is 0.244 e. The van der Waals surface area contributed by atoms with Crippen molar-refractivity contribution in [1.29, 1.82) is 0 Å². The zero-order chi connectivity index (χ0) is 19.1. The van der Waals surface area contributed by atoms with Gasteiger partial charge in [-0.1, -0.05) is 24.3 Å². The van der Waals surface area contributed by atoms with Crippen LogP contribution in [0.5, 0.6) is 0 Å². The van der Waals surface area contributed by atoms with Crippen molar-refractivity contribution in [3.8, 4) is 0 Å². The molecule has 1 spiro atoms. The van der Waals surface area contributed by atoms with Crippen LogP contribution in [0.25, 0.3) is 0 Å². The fraction of sp³-hybridized carbons (Fsp3) is 0.450. The molecule has 7 heteroatoms. The minimum absolute atomic E-state index is 0.244. The van der Waals surface area contributed by atoms with Gasteiger partial charge >= 0.3 is 0 Å². The monoisotopic (exact) mass is 387 g/mol. The number of nitrogens with zero attached hydrogens (tertiary/aromatic N) is 3. The highest BCUT2D eigenvalue weighted by Gasteiger charge is 2.43. The average Bonchev–Trinajstić information content (AvgIpc) is 2.69. The van der Waals surface area contributed by atoms with Crippen molar-refractivity contribution in [1.82, 2.24) is 9.29 Å². The lowest BCUT2D eigenvalue weighted by molar-refractivity contribution is -0.0891. The SMILES string of the molecule is CN(C)c1ccc(S(=O)(=O)N2CCC3(CC2)OCCc2ccccc23)cn1. The predicted molar refractivity (Wildman–Crippen MR) is 104 cm³/mol. The second kappa shape index (κ2) is 6.89. The van der Waals surface area contributed by atoms with Gasteiger partial charge in [0.1, 0.15) is 10.7 Å². The Morgan fingerprint density at radius 1 is 1.11 bits per heavy atom. The van der Waals surface area contributed by atoms with Crippen molar-refractivity contribution < 1.29 is 13.2 Å². The topological polar surface area (TPSA) is 62.7 Å². The summed E-state index contributed by atoms with van der Waals surface area (Å²) in [5.74, 6) is 0.735. The number of hydrogen-bond acceptors (Lipinski definition) is 5. The fourth-order valence-corrected chi connectivity index (χ4v) is 5.44. The molecule has 0 saturated carbocycles. The Hall–Kier alpha value is -1.96. The zero-order valence-electron chi connectivity index (χ0n) is 15.8. The first-order valence-electron chi connectivity index (χ1n) is 9.28. The van der Waals surface area contributed by atoms with Crippen molar-refractivity contribution in [3.05, 3.63) is 53.7 Å². The summed E-state index contributed by atoms with van der Waals surface area (Å²) >= 11 is 0. The van der Waals surface area contributed by atoms with E-state index in [-0.39, 0.29) is 10.5 Å². The Morgan fingerprint density at radius 2 is 1.85 bits per heavy atom. The number of hydrogen-bond donors (Lipinski definition) is 0. The molecule has 0 bridgehead atoms. The van der Waals surface area contributed by atoms with E-state index < -0.39 is 10.0 Å². The van der Waals surface area contributed by atoms with Gasteiger partial charge in [0, 0.05) is 33.4 Å². The molecule has 0 radical (unpaired) electrons. The van der Waals surface area contributed by atoms with E-state index in [4.69, 9.17) is 4.74 Å². The van der Waals surface area contributed by atoms with Gasteiger partial charge in [0.05, 0.1) is 12.2 Å². The minimum Gasteiger partial charge on any atom is -0.370 e. The Labute approximate surface area is 160 Å². The lowest BCUT2D eigenvalue weighted by atomic mass is 9.80. The van der Waals surface area contributed by atoms with Crippen LogP contribution in [0.3, 0.4) is 0 Å². The normalized spacial score (nSPS) is 19.6. The van der Waals surface area contributed by atoms with Gasteiger partial charge in [-0.05, 0) is 42.5 Å². The number of piperidine rings is 1. The van der Waals surface area contributed by atoms with Crippen molar-refractivity contribution >= 4 is 15.8 Å². The number of rotatable bonds is 3. The Kier molecular flexibility index (Phi) is 4.70. The van der Waals surface area contributed by atoms with Gasteiger partial charge in [0.15, 0.2) is 0 Å². The lowest BCUT2D eigenvalue weighted by Gasteiger charge is -2.44. The van der Waals surface area contributed by atoms with Crippen LogP contribution in [0.1, 0.15) is 24.0 Å². The zero-order valence-corrected chi connectivity index (χ0v) is 16.6. The molecule has 1 aromatic carbocycles. The van der Waals surface area contributed by atoms with Crippen molar-refractivity contribution in [2.24, 2.45) is 0 Å². The summed E-state index contributed by atoms with van der Waals surface area (Å²) in [4.78, 5) is 6.34. The van der Waals surface area contributed by atoms with Gasteiger partial charge in [-0.25, -0.2) is 13.4 Å². The second-order valence-corrected chi connectivity index (χ2v) is 9.34. The van der Waals surface area contributed by atoms with E-state index in [1.165, 1.54) is 17.3 Å². The largest absolute Gasteiger partial charge is 0.370 e. The number of anilines is 1. The van der Waals surface area contributed by atoms with E-state index >= 15 is 0 Å². The van der Waals surface area contributed by atoms with Gasteiger partial charge in [0.2, 0.25) is 10.0 Å². The van der Waals surface area contributed by atoms with Gasteiger partial charge in [-0.3, -0.25) is 0 Å². The van der Waals surface area contributed by atoms with Crippen molar-refractivity contribution in [2.75, 3.05) is 38.7 Å². The highest BCUT2D eigenvalue weighted by atomic mass is 32.2. The van der Waals surface area contributed by atoms with Crippen LogP contribution in [-0.2, 0) is 26.8 Å². The first-order chi connectivity index (χ1) is 12.9. The summed E-state index contributed by atoms with van der Waals surface area (Å²) in [6, 6.07) is 11.7. The van der Waals surface area contributed by atoms with E-state index in [1.807, 2.05) is 25.1 Å². The molecule has 144 valence electrons. The molecule has 0 unspecified atom stereocenters. The minimum atomic E-state index is -3.54. The molecule has 2 aromatic rings.